The van der Waals surface area contributed by atoms with E-state index in [2.05, 4.69) is 4.72 Å². The summed E-state index contributed by atoms with van der Waals surface area (Å²) < 4.78 is 26.7. The van der Waals surface area contributed by atoms with E-state index in [1.54, 1.807) is 0 Å². The highest BCUT2D eigenvalue weighted by atomic mass is 32.2. The van der Waals surface area contributed by atoms with Gasteiger partial charge in [-0.1, -0.05) is 29.8 Å². The number of hydrogen-bond donors (Lipinski definition) is 1. The zero-order chi connectivity index (χ0) is 17.3. The van der Waals surface area contributed by atoms with Crippen molar-refractivity contribution in [3.63, 3.8) is 0 Å². The molecule has 2 unspecified atom stereocenters. The number of nitriles is 1. The first-order chi connectivity index (χ1) is 11.4. The summed E-state index contributed by atoms with van der Waals surface area (Å²) in [6.45, 7) is 1.98. The van der Waals surface area contributed by atoms with Gasteiger partial charge in [0.15, 0.2) is 0 Å². The van der Waals surface area contributed by atoms with Crippen molar-refractivity contribution in [1.29, 1.82) is 5.26 Å². The molecule has 0 bridgehead atoms. The van der Waals surface area contributed by atoms with Crippen molar-refractivity contribution < 1.29 is 13.2 Å². The minimum atomic E-state index is -3.91. The molecule has 24 heavy (non-hydrogen) atoms. The molecule has 0 aromatic heterocycles. The lowest BCUT2D eigenvalue weighted by atomic mass is 10.1. The van der Waals surface area contributed by atoms with Gasteiger partial charge in [-0.25, -0.2) is 13.1 Å². The number of rotatable bonds is 4. The number of carbonyl (C=O) groups excluding carboxylic acids is 1. The average molecular weight is 340 g/mol. The zero-order valence-electron chi connectivity index (χ0n) is 13.1. The smallest absolute Gasteiger partial charge is 0.264 e. The van der Waals surface area contributed by atoms with E-state index in [1.807, 2.05) is 37.3 Å². The number of nitrogens with one attached hydrogen (secondary N) is 1. The molecule has 1 saturated carbocycles. The number of nitrogens with zero attached hydrogens (tertiary/aromatic N) is 1. The molecule has 1 fully saturated rings. The molecule has 1 N–H and O–H groups in total. The minimum absolute atomic E-state index is 0.0254. The Hall–Kier alpha value is -2.65. The first kappa shape index (κ1) is 16.2. The summed E-state index contributed by atoms with van der Waals surface area (Å²) in [7, 11) is -3.91. The van der Waals surface area contributed by atoms with Crippen LogP contribution in [0.4, 0.5) is 0 Å². The lowest BCUT2D eigenvalue weighted by Gasteiger charge is -2.07. The molecule has 0 heterocycles. The van der Waals surface area contributed by atoms with Crippen LogP contribution in [0.1, 0.15) is 29.0 Å². The topological polar surface area (TPSA) is 87.0 Å². The average Bonchev–Trinajstić information content (AvgIpc) is 3.35. The van der Waals surface area contributed by atoms with E-state index in [0.717, 1.165) is 11.1 Å². The molecular formula is C18H16N2O3S. The molecule has 2 atom stereocenters. The maximum atomic E-state index is 12.3. The van der Waals surface area contributed by atoms with Crippen molar-refractivity contribution in [3.8, 4) is 6.07 Å². The zero-order valence-corrected chi connectivity index (χ0v) is 13.9. The fourth-order valence-electron chi connectivity index (χ4n) is 2.73. The van der Waals surface area contributed by atoms with Crippen molar-refractivity contribution in [1.82, 2.24) is 4.72 Å². The molecule has 0 spiro atoms. The Labute approximate surface area is 141 Å². The quantitative estimate of drug-likeness (QED) is 0.926. The second kappa shape index (κ2) is 6.10. The van der Waals surface area contributed by atoms with Crippen LogP contribution in [-0.4, -0.2) is 14.3 Å². The number of carbonyl (C=O) groups is 1. The van der Waals surface area contributed by atoms with Gasteiger partial charge >= 0.3 is 0 Å². The van der Waals surface area contributed by atoms with Crippen LogP contribution in [-0.2, 0) is 14.8 Å². The molecule has 1 amide bonds. The Bertz CT molecular complexity index is 927. The molecule has 2 aromatic carbocycles. The Morgan fingerprint density at radius 1 is 1.21 bits per heavy atom. The van der Waals surface area contributed by atoms with Gasteiger partial charge in [0.1, 0.15) is 0 Å². The standard InChI is InChI=1S/C18H16N2O3S/c1-12-3-2-4-14(9-12)16-10-17(16)18(21)20-24(22,23)15-7-5-13(11-19)6-8-15/h2-9,16-17H,10H2,1H3,(H,20,21). The number of hydrogen-bond acceptors (Lipinski definition) is 4. The molecule has 122 valence electrons. The Morgan fingerprint density at radius 3 is 2.54 bits per heavy atom. The second-order valence-electron chi connectivity index (χ2n) is 5.97. The van der Waals surface area contributed by atoms with Crippen molar-refractivity contribution in [2.75, 3.05) is 0 Å². The third-order valence-electron chi connectivity index (χ3n) is 4.13. The maximum Gasteiger partial charge on any atom is 0.264 e. The Balaban J connectivity index is 1.70. The van der Waals surface area contributed by atoms with Gasteiger partial charge < -0.3 is 0 Å². The monoisotopic (exact) mass is 340 g/mol. The van der Waals surface area contributed by atoms with Gasteiger partial charge in [-0.15, -0.1) is 0 Å². The van der Waals surface area contributed by atoms with Gasteiger partial charge in [0.25, 0.3) is 10.0 Å². The van der Waals surface area contributed by atoms with Gasteiger partial charge in [0.2, 0.25) is 5.91 Å². The van der Waals surface area contributed by atoms with Crippen LogP contribution >= 0.6 is 0 Å². The predicted octanol–water partition coefficient (Wildman–Crippen LogP) is 2.48. The maximum absolute atomic E-state index is 12.3. The van der Waals surface area contributed by atoms with E-state index < -0.39 is 15.9 Å². The summed E-state index contributed by atoms with van der Waals surface area (Å²) in [4.78, 5) is 12.2. The number of aryl methyl sites for hydroxylation is 1. The van der Waals surface area contributed by atoms with Crippen molar-refractivity contribution >= 4 is 15.9 Å². The van der Waals surface area contributed by atoms with E-state index in [-0.39, 0.29) is 16.7 Å². The summed E-state index contributed by atoms with van der Waals surface area (Å²) in [5.41, 5.74) is 2.54. The van der Waals surface area contributed by atoms with Gasteiger partial charge in [-0.05, 0) is 49.1 Å². The van der Waals surface area contributed by atoms with Crippen LogP contribution in [0.3, 0.4) is 0 Å². The number of sulfonamides is 1. The third kappa shape index (κ3) is 3.31. The summed E-state index contributed by atoms with van der Waals surface area (Å²) in [5.74, 6) is -0.730. The Kier molecular flexibility index (Phi) is 4.12. The fraction of sp³-hybridized carbons (Fsp3) is 0.222. The number of amides is 1. The van der Waals surface area contributed by atoms with Gasteiger partial charge in [-0.3, -0.25) is 4.79 Å². The second-order valence-corrected chi connectivity index (χ2v) is 7.65. The first-order valence-electron chi connectivity index (χ1n) is 7.54. The van der Waals surface area contributed by atoms with E-state index in [0.29, 0.717) is 12.0 Å². The molecule has 2 aromatic rings. The molecule has 0 saturated heterocycles. The van der Waals surface area contributed by atoms with Gasteiger partial charge in [0, 0.05) is 5.92 Å². The molecule has 3 rings (SSSR count). The van der Waals surface area contributed by atoms with Gasteiger partial charge in [0.05, 0.1) is 16.5 Å². The summed E-state index contributed by atoms with van der Waals surface area (Å²) in [5, 5.41) is 8.75. The normalized spacial score (nSPS) is 19.3. The summed E-state index contributed by atoms with van der Waals surface area (Å²) in [6, 6.07) is 15.3. The highest BCUT2D eigenvalue weighted by molar-refractivity contribution is 7.90. The van der Waals surface area contributed by atoms with Crippen molar-refractivity contribution in [2.45, 2.75) is 24.2 Å². The molecule has 6 heteroatoms. The highest BCUT2D eigenvalue weighted by Gasteiger charge is 2.45. The van der Waals surface area contributed by atoms with E-state index in [1.165, 1.54) is 24.3 Å². The molecule has 0 radical (unpaired) electrons. The third-order valence-corrected chi connectivity index (χ3v) is 5.49. The van der Waals surface area contributed by atoms with Gasteiger partial charge in [-0.2, -0.15) is 5.26 Å². The van der Waals surface area contributed by atoms with Crippen LogP contribution in [0, 0.1) is 24.2 Å². The lowest BCUT2D eigenvalue weighted by Crippen LogP contribution is -2.32. The van der Waals surface area contributed by atoms with Crippen molar-refractivity contribution in [2.24, 2.45) is 5.92 Å². The van der Waals surface area contributed by atoms with Crippen LogP contribution in [0.2, 0.25) is 0 Å². The van der Waals surface area contributed by atoms with E-state index in [4.69, 9.17) is 5.26 Å². The van der Waals surface area contributed by atoms with E-state index >= 15 is 0 Å². The lowest BCUT2D eigenvalue weighted by molar-refractivity contribution is -0.120. The summed E-state index contributed by atoms with van der Waals surface area (Å²) >= 11 is 0. The molecule has 1 aliphatic carbocycles. The first-order valence-corrected chi connectivity index (χ1v) is 9.02. The van der Waals surface area contributed by atoms with Crippen LogP contribution < -0.4 is 4.72 Å². The molecule has 0 aliphatic heterocycles. The van der Waals surface area contributed by atoms with Crippen LogP contribution in [0.15, 0.2) is 53.4 Å². The highest BCUT2D eigenvalue weighted by Crippen LogP contribution is 2.47. The SMILES string of the molecule is Cc1cccc(C2CC2C(=O)NS(=O)(=O)c2ccc(C#N)cc2)c1. The molecular weight excluding hydrogens is 324 g/mol. The minimum Gasteiger partial charge on any atom is -0.274 e. The fourth-order valence-corrected chi connectivity index (χ4v) is 3.76. The van der Waals surface area contributed by atoms with Crippen LogP contribution in [0.5, 0.6) is 0 Å². The van der Waals surface area contributed by atoms with Crippen molar-refractivity contribution in [3.05, 3.63) is 65.2 Å². The Morgan fingerprint density at radius 2 is 1.92 bits per heavy atom. The largest absolute Gasteiger partial charge is 0.274 e. The van der Waals surface area contributed by atoms with Crippen LogP contribution in [0.25, 0.3) is 0 Å². The number of benzene rings is 2. The molecule has 1 aliphatic rings. The predicted molar refractivity (Wildman–Crippen MR) is 88.5 cm³/mol. The molecule has 5 nitrogen and oxygen atoms in total. The summed E-state index contributed by atoms with van der Waals surface area (Å²) in [6.07, 6.45) is 0.651. The van der Waals surface area contributed by atoms with E-state index in [9.17, 15) is 13.2 Å².